The second-order valence-corrected chi connectivity index (χ2v) is 8.37. The Labute approximate surface area is 133 Å². The number of hydrogen-bond acceptors (Lipinski definition) is 5. The normalized spacial score (nSPS) is 13.4. The largest absolute Gasteiger partial charge is 0.439 e. The van der Waals surface area contributed by atoms with Gasteiger partial charge in [-0.3, -0.25) is 0 Å². The van der Waals surface area contributed by atoms with Crippen LogP contribution in [0.5, 0.6) is 0 Å². The van der Waals surface area contributed by atoms with Crippen molar-refractivity contribution in [2.24, 2.45) is 0 Å². The van der Waals surface area contributed by atoms with E-state index in [1.54, 1.807) is 18.2 Å². The minimum atomic E-state index is -3.26. The number of oxazole rings is 1. The average Bonchev–Trinajstić information content (AvgIpc) is 2.90. The van der Waals surface area contributed by atoms with Gasteiger partial charge in [0.1, 0.15) is 5.52 Å². The molecule has 2 aromatic carbocycles. The molecule has 0 fully saturated rings. The van der Waals surface area contributed by atoms with Gasteiger partial charge in [0.15, 0.2) is 15.4 Å². The monoisotopic (exact) mass is 333 g/mol. The van der Waals surface area contributed by atoms with Crippen LogP contribution in [0.1, 0.15) is 18.1 Å². The van der Waals surface area contributed by atoms with Crippen molar-refractivity contribution in [3.63, 3.8) is 0 Å². The standard InChI is InChI=1S/C16H15NO3S2/c1-11(16-17-12-7-3-4-8-13(12)20-16)21-14-9-5-6-10-15(14)22(2,18)19/h3-11H,1-2H3/t11-/m0/s1. The van der Waals surface area contributed by atoms with E-state index >= 15 is 0 Å². The van der Waals surface area contributed by atoms with Crippen LogP contribution in [0.3, 0.4) is 0 Å². The molecule has 0 aliphatic rings. The molecule has 22 heavy (non-hydrogen) atoms. The summed E-state index contributed by atoms with van der Waals surface area (Å²) in [5, 5.41) is -0.0877. The number of sulfone groups is 1. The van der Waals surface area contributed by atoms with E-state index in [9.17, 15) is 8.42 Å². The van der Waals surface area contributed by atoms with Gasteiger partial charge in [0, 0.05) is 11.2 Å². The number of thioether (sulfide) groups is 1. The third kappa shape index (κ3) is 3.03. The van der Waals surface area contributed by atoms with Crippen LogP contribution in [0.4, 0.5) is 0 Å². The molecular weight excluding hydrogens is 318 g/mol. The van der Waals surface area contributed by atoms with Gasteiger partial charge in [0.25, 0.3) is 0 Å². The van der Waals surface area contributed by atoms with Crippen LogP contribution in [-0.2, 0) is 9.84 Å². The van der Waals surface area contributed by atoms with Gasteiger partial charge >= 0.3 is 0 Å². The summed E-state index contributed by atoms with van der Waals surface area (Å²) in [6, 6.07) is 14.5. The maximum atomic E-state index is 11.9. The highest BCUT2D eigenvalue weighted by Crippen LogP contribution is 2.38. The van der Waals surface area contributed by atoms with Gasteiger partial charge in [-0.2, -0.15) is 0 Å². The zero-order valence-electron chi connectivity index (χ0n) is 12.2. The van der Waals surface area contributed by atoms with Gasteiger partial charge in [-0.15, -0.1) is 11.8 Å². The number of para-hydroxylation sites is 2. The Kier molecular flexibility index (Phi) is 3.97. The summed E-state index contributed by atoms with van der Waals surface area (Å²) in [5.41, 5.74) is 1.54. The molecule has 0 aliphatic carbocycles. The van der Waals surface area contributed by atoms with Crippen molar-refractivity contribution in [2.75, 3.05) is 6.26 Å². The lowest BCUT2D eigenvalue weighted by Crippen LogP contribution is -2.00. The first-order valence-corrected chi connectivity index (χ1v) is 9.53. The third-order valence-corrected chi connectivity index (χ3v) is 5.66. The molecule has 1 aromatic heterocycles. The number of nitrogens with zero attached hydrogens (tertiary/aromatic N) is 1. The number of hydrogen-bond donors (Lipinski definition) is 0. The van der Waals surface area contributed by atoms with Crippen molar-refractivity contribution in [3.05, 3.63) is 54.4 Å². The first-order valence-electron chi connectivity index (χ1n) is 6.76. The highest BCUT2D eigenvalue weighted by atomic mass is 32.2. The number of fused-ring (bicyclic) bond motifs is 1. The van der Waals surface area contributed by atoms with Crippen LogP contribution < -0.4 is 0 Å². The van der Waals surface area contributed by atoms with Crippen molar-refractivity contribution >= 4 is 32.7 Å². The Morgan fingerprint density at radius 1 is 1.09 bits per heavy atom. The Balaban J connectivity index is 1.93. The Morgan fingerprint density at radius 2 is 1.77 bits per heavy atom. The minimum Gasteiger partial charge on any atom is -0.439 e. The average molecular weight is 333 g/mol. The van der Waals surface area contributed by atoms with Gasteiger partial charge in [-0.25, -0.2) is 13.4 Å². The van der Waals surface area contributed by atoms with Crippen LogP contribution in [-0.4, -0.2) is 19.7 Å². The summed E-state index contributed by atoms with van der Waals surface area (Å²) in [5.74, 6) is 0.592. The summed E-state index contributed by atoms with van der Waals surface area (Å²) >= 11 is 1.43. The van der Waals surface area contributed by atoms with E-state index in [0.717, 1.165) is 11.1 Å². The molecule has 0 radical (unpaired) electrons. The van der Waals surface area contributed by atoms with E-state index in [4.69, 9.17) is 4.42 Å². The zero-order chi connectivity index (χ0) is 15.7. The van der Waals surface area contributed by atoms with E-state index in [1.807, 2.05) is 37.3 Å². The highest BCUT2D eigenvalue weighted by Gasteiger charge is 2.19. The van der Waals surface area contributed by atoms with Crippen molar-refractivity contribution < 1.29 is 12.8 Å². The molecule has 0 amide bonds. The lowest BCUT2D eigenvalue weighted by molar-refractivity contribution is 0.533. The molecule has 3 aromatic rings. The quantitative estimate of drug-likeness (QED) is 0.673. The zero-order valence-corrected chi connectivity index (χ0v) is 13.8. The van der Waals surface area contributed by atoms with Gasteiger partial charge in [-0.05, 0) is 31.2 Å². The van der Waals surface area contributed by atoms with Crippen molar-refractivity contribution in [3.8, 4) is 0 Å². The fraction of sp³-hybridized carbons (Fsp3) is 0.188. The first kappa shape index (κ1) is 15.1. The van der Waals surface area contributed by atoms with Crippen molar-refractivity contribution in [1.82, 2.24) is 4.98 Å². The highest BCUT2D eigenvalue weighted by molar-refractivity contribution is 8.00. The van der Waals surface area contributed by atoms with Crippen LogP contribution in [0, 0.1) is 0 Å². The van der Waals surface area contributed by atoms with Gasteiger partial charge in [0.2, 0.25) is 5.89 Å². The molecule has 0 unspecified atom stereocenters. The maximum absolute atomic E-state index is 11.9. The summed E-state index contributed by atoms with van der Waals surface area (Å²) < 4.78 is 29.5. The van der Waals surface area contributed by atoms with Crippen LogP contribution in [0.15, 0.2) is 62.7 Å². The van der Waals surface area contributed by atoms with Gasteiger partial charge in [0.05, 0.1) is 10.1 Å². The fourth-order valence-electron chi connectivity index (χ4n) is 2.16. The minimum absolute atomic E-state index is 0.0877. The smallest absolute Gasteiger partial charge is 0.208 e. The predicted molar refractivity (Wildman–Crippen MR) is 87.8 cm³/mol. The summed E-state index contributed by atoms with van der Waals surface area (Å²) in [7, 11) is -3.26. The number of benzene rings is 2. The lowest BCUT2D eigenvalue weighted by Gasteiger charge is -2.10. The summed E-state index contributed by atoms with van der Waals surface area (Å²) in [6.45, 7) is 1.95. The maximum Gasteiger partial charge on any atom is 0.208 e. The second kappa shape index (κ2) is 5.78. The van der Waals surface area contributed by atoms with Crippen LogP contribution in [0.25, 0.3) is 11.1 Å². The molecule has 0 spiro atoms. The Morgan fingerprint density at radius 3 is 2.50 bits per heavy atom. The lowest BCUT2D eigenvalue weighted by atomic mass is 10.3. The molecule has 0 N–H and O–H groups in total. The molecule has 0 bridgehead atoms. The van der Waals surface area contributed by atoms with Crippen molar-refractivity contribution in [2.45, 2.75) is 22.0 Å². The van der Waals surface area contributed by atoms with E-state index < -0.39 is 9.84 Å². The second-order valence-electron chi connectivity index (χ2n) is 5.00. The van der Waals surface area contributed by atoms with Crippen LogP contribution in [0.2, 0.25) is 0 Å². The molecule has 0 aliphatic heterocycles. The van der Waals surface area contributed by atoms with Gasteiger partial charge < -0.3 is 4.42 Å². The molecule has 4 nitrogen and oxygen atoms in total. The molecule has 1 heterocycles. The number of rotatable bonds is 4. The predicted octanol–water partition coefficient (Wildman–Crippen LogP) is 4.08. The van der Waals surface area contributed by atoms with Gasteiger partial charge in [-0.1, -0.05) is 24.3 Å². The van der Waals surface area contributed by atoms with E-state index in [2.05, 4.69) is 4.98 Å². The first-order chi connectivity index (χ1) is 10.4. The molecule has 3 rings (SSSR count). The van der Waals surface area contributed by atoms with Crippen LogP contribution >= 0.6 is 11.8 Å². The van der Waals surface area contributed by atoms with E-state index in [0.29, 0.717) is 15.7 Å². The summed E-state index contributed by atoms with van der Waals surface area (Å²) in [6.07, 6.45) is 1.22. The summed E-state index contributed by atoms with van der Waals surface area (Å²) in [4.78, 5) is 5.51. The van der Waals surface area contributed by atoms with E-state index in [-0.39, 0.29) is 5.25 Å². The van der Waals surface area contributed by atoms with E-state index in [1.165, 1.54) is 18.0 Å². The fourth-order valence-corrected chi connectivity index (χ4v) is 4.44. The molecular formula is C16H15NO3S2. The topological polar surface area (TPSA) is 60.2 Å². The molecule has 114 valence electrons. The molecule has 0 saturated carbocycles. The third-order valence-electron chi connectivity index (χ3n) is 3.21. The molecule has 6 heteroatoms. The molecule has 0 saturated heterocycles. The number of aromatic nitrogens is 1. The Bertz CT molecular complexity index is 883. The SMILES string of the molecule is C[C@H](Sc1ccccc1S(C)(=O)=O)c1nc2ccccc2o1. The Hall–Kier alpha value is -1.79. The molecule has 1 atom stereocenters. The van der Waals surface area contributed by atoms with Crippen molar-refractivity contribution in [1.29, 1.82) is 0 Å².